The van der Waals surface area contributed by atoms with E-state index < -0.39 is 0 Å². The summed E-state index contributed by atoms with van der Waals surface area (Å²) in [6, 6.07) is 4.48. The van der Waals surface area contributed by atoms with E-state index in [1.165, 1.54) is 16.7 Å². The first kappa shape index (κ1) is 13.1. The van der Waals surface area contributed by atoms with Crippen molar-refractivity contribution in [1.29, 1.82) is 0 Å². The molecule has 0 amide bonds. The molecule has 0 atom stereocenters. The molecule has 1 nitrogen and oxygen atoms in total. The van der Waals surface area contributed by atoms with E-state index in [-0.39, 0.29) is 5.41 Å². The molecule has 1 aromatic carbocycles. The summed E-state index contributed by atoms with van der Waals surface area (Å²) in [4.78, 5) is 0. The van der Waals surface area contributed by atoms with E-state index in [1.54, 1.807) is 7.11 Å². The minimum Gasteiger partial charge on any atom is -0.496 e. The SMILES string of the molecule is COc1c(C(C)C)cc(C)cc1C(C)(C)C. The Morgan fingerprint density at radius 1 is 1.12 bits per heavy atom. The Balaban J connectivity index is 3.49. The predicted octanol–water partition coefficient (Wildman–Crippen LogP) is 4.42. The molecule has 0 aromatic heterocycles. The minimum atomic E-state index is 0.126. The average Bonchev–Trinajstić information content (AvgIpc) is 2.14. The zero-order valence-electron chi connectivity index (χ0n) is 11.6. The molecule has 0 N–H and O–H groups in total. The highest BCUT2D eigenvalue weighted by molar-refractivity contribution is 5.49. The topological polar surface area (TPSA) is 9.23 Å². The summed E-state index contributed by atoms with van der Waals surface area (Å²) in [5, 5.41) is 0. The van der Waals surface area contributed by atoms with Crippen LogP contribution < -0.4 is 4.74 Å². The summed E-state index contributed by atoms with van der Waals surface area (Å²) in [7, 11) is 1.77. The van der Waals surface area contributed by atoms with E-state index in [4.69, 9.17) is 4.74 Å². The molecule has 0 saturated heterocycles. The molecule has 0 aliphatic heterocycles. The Morgan fingerprint density at radius 3 is 2.06 bits per heavy atom. The minimum absolute atomic E-state index is 0.126. The number of hydrogen-bond donors (Lipinski definition) is 0. The van der Waals surface area contributed by atoms with Gasteiger partial charge in [-0.05, 0) is 23.8 Å². The molecular formula is C15H24O. The van der Waals surface area contributed by atoms with Gasteiger partial charge in [0.25, 0.3) is 0 Å². The largest absolute Gasteiger partial charge is 0.496 e. The van der Waals surface area contributed by atoms with Crippen LogP contribution in [0.15, 0.2) is 12.1 Å². The number of aryl methyl sites for hydroxylation is 1. The Hall–Kier alpha value is -0.980. The second-order valence-electron chi connectivity index (χ2n) is 5.84. The molecule has 0 fully saturated rings. The van der Waals surface area contributed by atoms with Gasteiger partial charge in [-0.2, -0.15) is 0 Å². The first-order valence-electron chi connectivity index (χ1n) is 5.96. The van der Waals surface area contributed by atoms with Gasteiger partial charge in [0.2, 0.25) is 0 Å². The fourth-order valence-corrected chi connectivity index (χ4v) is 2.01. The molecular weight excluding hydrogens is 196 g/mol. The summed E-state index contributed by atoms with van der Waals surface area (Å²) < 4.78 is 5.62. The molecule has 0 heterocycles. The van der Waals surface area contributed by atoms with Crippen molar-refractivity contribution in [1.82, 2.24) is 0 Å². The van der Waals surface area contributed by atoms with Gasteiger partial charge >= 0.3 is 0 Å². The van der Waals surface area contributed by atoms with Crippen molar-refractivity contribution in [3.05, 3.63) is 28.8 Å². The van der Waals surface area contributed by atoms with Crippen LogP contribution in [0.4, 0.5) is 0 Å². The van der Waals surface area contributed by atoms with Crippen molar-refractivity contribution in [3.63, 3.8) is 0 Å². The van der Waals surface area contributed by atoms with Crippen LogP contribution in [0.25, 0.3) is 0 Å². The van der Waals surface area contributed by atoms with Crippen LogP contribution in [-0.2, 0) is 5.41 Å². The van der Waals surface area contributed by atoms with Crippen LogP contribution in [0.1, 0.15) is 57.2 Å². The smallest absolute Gasteiger partial charge is 0.126 e. The van der Waals surface area contributed by atoms with Crippen molar-refractivity contribution < 1.29 is 4.74 Å². The summed E-state index contributed by atoms with van der Waals surface area (Å²) in [6.45, 7) is 13.3. The van der Waals surface area contributed by atoms with Gasteiger partial charge in [-0.3, -0.25) is 0 Å². The monoisotopic (exact) mass is 220 g/mol. The van der Waals surface area contributed by atoms with Crippen molar-refractivity contribution in [2.45, 2.75) is 52.9 Å². The van der Waals surface area contributed by atoms with Gasteiger partial charge in [0.05, 0.1) is 7.11 Å². The lowest BCUT2D eigenvalue weighted by Gasteiger charge is -2.26. The third-order valence-corrected chi connectivity index (χ3v) is 2.90. The molecule has 90 valence electrons. The van der Waals surface area contributed by atoms with Crippen molar-refractivity contribution in [2.24, 2.45) is 0 Å². The third kappa shape index (κ3) is 2.58. The maximum absolute atomic E-state index is 5.62. The lowest BCUT2D eigenvalue weighted by atomic mass is 9.82. The Kier molecular flexibility index (Phi) is 3.67. The summed E-state index contributed by atoms with van der Waals surface area (Å²) in [6.07, 6.45) is 0. The van der Waals surface area contributed by atoms with Gasteiger partial charge in [0.1, 0.15) is 5.75 Å². The third-order valence-electron chi connectivity index (χ3n) is 2.90. The van der Waals surface area contributed by atoms with Crippen LogP contribution in [0.3, 0.4) is 0 Å². The standard InChI is InChI=1S/C15H24O/c1-10(2)12-8-11(3)9-13(14(12)16-7)15(4,5)6/h8-10H,1-7H3. The van der Waals surface area contributed by atoms with Crippen molar-refractivity contribution in [2.75, 3.05) is 7.11 Å². The first-order valence-corrected chi connectivity index (χ1v) is 5.96. The summed E-state index contributed by atoms with van der Waals surface area (Å²) in [5.74, 6) is 1.56. The summed E-state index contributed by atoms with van der Waals surface area (Å²) in [5.41, 5.74) is 4.06. The zero-order chi connectivity index (χ0) is 12.5. The number of hydrogen-bond acceptors (Lipinski definition) is 1. The lowest BCUT2D eigenvalue weighted by molar-refractivity contribution is 0.390. The molecule has 16 heavy (non-hydrogen) atoms. The molecule has 0 aliphatic carbocycles. The predicted molar refractivity (Wildman–Crippen MR) is 70.5 cm³/mol. The van der Waals surface area contributed by atoms with E-state index in [9.17, 15) is 0 Å². The van der Waals surface area contributed by atoms with Crippen LogP contribution in [0.2, 0.25) is 0 Å². The molecule has 0 spiro atoms. The quantitative estimate of drug-likeness (QED) is 0.716. The number of methoxy groups -OCH3 is 1. The number of ether oxygens (including phenoxy) is 1. The van der Waals surface area contributed by atoms with Gasteiger partial charge in [-0.1, -0.05) is 52.3 Å². The zero-order valence-corrected chi connectivity index (χ0v) is 11.6. The second-order valence-corrected chi connectivity index (χ2v) is 5.84. The second kappa shape index (κ2) is 4.48. The van der Waals surface area contributed by atoms with Gasteiger partial charge in [0.15, 0.2) is 0 Å². The van der Waals surface area contributed by atoms with Gasteiger partial charge < -0.3 is 4.74 Å². The van der Waals surface area contributed by atoms with Crippen LogP contribution in [0.5, 0.6) is 5.75 Å². The van der Waals surface area contributed by atoms with Gasteiger partial charge in [-0.15, -0.1) is 0 Å². The maximum atomic E-state index is 5.62. The number of rotatable bonds is 2. The highest BCUT2D eigenvalue weighted by Gasteiger charge is 2.22. The average molecular weight is 220 g/mol. The van der Waals surface area contributed by atoms with Gasteiger partial charge in [-0.25, -0.2) is 0 Å². The van der Waals surface area contributed by atoms with E-state index in [1.807, 2.05) is 0 Å². The molecule has 1 aromatic rings. The summed E-state index contributed by atoms with van der Waals surface area (Å²) >= 11 is 0. The van der Waals surface area contributed by atoms with E-state index >= 15 is 0 Å². The molecule has 0 radical (unpaired) electrons. The molecule has 0 unspecified atom stereocenters. The molecule has 0 aliphatic rings. The van der Waals surface area contributed by atoms with Crippen LogP contribution in [-0.4, -0.2) is 7.11 Å². The highest BCUT2D eigenvalue weighted by Crippen LogP contribution is 2.38. The molecule has 1 rings (SSSR count). The molecule has 0 bridgehead atoms. The molecule has 1 heteroatoms. The highest BCUT2D eigenvalue weighted by atomic mass is 16.5. The molecule has 0 saturated carbocycles. The Bertz CT molecular complexity index is 370. The van der Waals surface area contributed by atoms with Crippen molar-refractivity contribution >= 4 is 0 Å². The van der Waals surface area contributed by atoms with E-state index in [2.05, 4.69) is 53.7 Å². The lowest BCUT2D eigenvalue weighted by Crippen LogP contribution is -2.14. The van der Waals surface area contributed by atoms with Crippen LogP contribution in [0, 0.1) is 6.92 Å². The van der Waals surface area contributed by atoms with E-state index in [0.717, 1.165) is 5.75 Å². The fraction of sp³-hybridized carbons (Fsp3) is 0.600. The van der Waals surface area contributed by atoms with Crippen molar-refractivity contribution in [3.8, 4) is 5.75 Å². The number of benzene rings is 1. The Morgan fingerprint density at radius 2 is 1.69 bits per heavy atom. The maximum Gasteiger partial charge on any atom is 0.126 e. The van der Waals surface area contributed by atoms with Gasteiger partial charge in [0, 0.05) is 5.56 Å². The first-order chi connectivity index (χ1) is 7.27. The Labute approximate surface area is 99.8 Å². The van der Waals surface area contributed by atoms with Crippen LogP contribution >= 0.6 is 0 Å². The van der Waals surface area contributed by atoms with E-state index in [0.29, 0.717) is 5.92 Å². The normalized spacial score (nSPS) is 12.0. The fourth-order valence-electron chi connectivity index (χ4n) is 2.01.